The molecule has 0 radical (unpaired) electrons. The van der Waals surface area contributed by atoms with Crippen LogP contribution < -0.4 is 4.74 Å². The molecule has 1 aromatic heterocycles. The highest BCUT2D eigenvalue weighted by Crippen LogP contribution is 2.43. The fraction of sp³-hybridized carbons (Fsp3) is 0.607. The van der Waals surface area contributed by atoms with Gasteiger partial charge in [-0.1, -0.05) is 83.9 Å². The summed E-state index contributed by atoms with van der Waals surface area (Å²) in [6.07, 6.45) is 17.4. The second-order valence-corrected chi connectivity index (χ2v) is 9.23. The molecule has 1 atom stereocenters. The van der Waals surface area contributed by atoms with Gasteiger partial charge < -0.3 is 4.74 Å². The lowest BCUT2D eigenvalue weighted by molar-refractivity contribution is 0.236. The quantitative estimate of drug-likeness (QED) is 0.349. The molecule has 1 unspecified atom stereocenters. The first-order valence-corrected chi connectivity index (χ1v) is 12.4. The molecule has 3 rings (SSSR count). The van der Waals surface area contributed by atoms with E-state index >= 15 is 0 Å². The molecule has 0 bridgehead atoms. The van der Waals surface area contributed by atoms with Gasteiger partial charge in [0.05, 0.1) is 6.61 Å². The van der Waals surface area contributed by atoms with Crippen molar-refractivity contribution in [3.8, 4) is 16.9 Å². The zero-order chi connectivity index (χ0) is 21.2. The summed E-state index contributed by atoms with van der Waals surface area (Å²) in [7, 11) is 0. The summed E-state index contributed by atoms with van der Waals surface area (Å²) in [4.78, 5) is 4.52. The van der Waals surface area contributed by atoms with Gasteiger partial charge in [-0.3, -0.25) is 4.98 Å². The van der Waals surface area contributed by atoms with Gasteiger partial charge in [0, 0.05) is 18.0 Å². The Kier molecular flexibility index (Phi) is 9.24. The maximum absolute atomic E-state index is 6.15. The van der Waals surface area contributed by atoms with Gasteiger partial charge in [-0.05, 0) is 60.3 Å². The number of unbranched alkanes of at least 4 members (excludes halogenated alkanes) is 3. The van der Waals surface area contributed by atoms with Crippen LogP contribution in [0.15, 0.2) is 42.7 Å². The Hall–Kier alpha value is -1.83. The number of benzene rings is 1. The van der Waals surface area contributed by atoms with Gasteiger partial charge in [-0.2, -0.15) is 0 Å². The van der Waals surface area contributed by atoms with Crippen LogP contribution in [0.1, 0.15) is 96.5 Å². The first-order chi connectivity index (χ1) is 14.7. The van der Waals surface area contributed by atoms with Gasteiger partial charge in [0.25, 0.3) is 0 Å². The Morgan fingerprint density at radius 2 is 1.70 bits per heavy atom. The average Bonchev–Trinajstić information content (AvgIpc) is 2.80. The maximum atomic E-state index is 6.15. The van der Waals surface area contributed by atoms with Crippen molar-refractivity contribution in [1.29, 1.82) is 0 Å². The summed E-state index contributed by atoms with van der Waals surface area (Å²) in [6.45, 7) is 7.71. The Balaban J connectivity index is 1.72. The number of hydrogen-bond donors (Lipinski definition) is 0. The van der Waals surface area contributed by atoms with Crippen LogP contribution in [0.3, 0.4) is 0 Å². The van der Waals surface area contributed by atoms with E-state index in [2.05, 4.69) is 62.3 Å². The minimum absolute atomic E-state index is 0.536. The van der Waals surface area contributed by atoms with E-state index in [9.17, 15) is 0 Å². The Labute approximate surface area is 184 Å². The predicted molar refractivity (Wildman–Crippen MR) is 128 cm³/mol. The normalized spacial score (nSPS) is 20.1. The van der Waals surface area contributed by atoms with Crippen molar-refractivity contribution >= 4 is 0 Å². The molecule has 1 aliphatic rings. The van der Waals surface area contributed by atoms with Crippen molar-refractivity contribution in [3.63, 3.8) is 0 Å². The molecule has 30 heavy (non-hydrogen) atoms. The van der Waals surface area contributed by atoms with Crippen molar-refractivity contribution in [1.82, 2.24) is 4.98 Å². The smallest absolute Gasteiger partial charge is 0.127 e. The SMILES string of the molecule is CCCCCC1CCC(C(C)c2cnccc2-c2ccccc2OCCCC)CC1. The van der Waals surface area contributed by atoms with E-state index in [1.165, 1.54) is 68.1 Å². The molecule has 1 aromatic carbocycles. The van der Waals surface area contributed by atoms with Gasteiger partial charge in [0.1, 0.15) is 5.75 Å². The summed E-state index contributed by atoms with van der Waals surface area (Å²) in [5.41, 5.74) is 3.90. The molecule has 1 aliphatic carbocycles. The highest BCUT2D eigenvalue weighted by atomic mass is 16.5. The average molecular weight is 408 g/mol. The summed E-state index contributed by atoms with van der Waals surface area (Å²) < 4.78 is 6.15. The number of ether oxygens (including phenoxy) is 1. The fourth-order valence-corrected chi connectivity index (χ4v) is 5.07. The number of rotatable bonds is 11. The molecule has 0 aliphatic heterocycles. The van der Waals surface area contributed by atoms with Crippen LogP contribution in [0.4, 0.5) is 0 Å². The van der Waals surface area contributed by atoms with Gasteiger partial charge in [0.15, 0.2) is 0 Å². The van der Waals surface area contributed by atoms with Crippen molar-refractivity contribution in [2.75, 3.05) is 6.61 Å². The molecule has 1 saturated carbocycles. The van der Waals surface area contributed by atoms with Crippen LogP contribution in [-0.4, -0.2) is 11.6 Å². The van der Waals surface area contributed by atoms with Crippen LogP contribution in [0.25, 0.3) is 11.1 Å². The van der Waals surface area contributed by atoms with Crippen LogP contribution in [-0.2, 0) is 0 Å². The molecule has 0 spiro atoms. The van der Waals surface area contributed by atoms with Crippen LogP contribution in [0.5, 0.6) is 5.75 Å². The minimum Gasteiger partial charge on any atom is -0.493 e. The van der Waals surface area contributed by atoms with Crippen molar-refractivity contribution in [2.45, 2.75) is 90.9 Å². The summed E-state index contributed by atoms with van der Waals surface area (Å²) in [6, 6.07) is 10.7. The largest absolute Gasteiger partial charge is 0.493 e. The van der Waals surface area contributed by atoms with Crippen molar-refractivity contribution in [3.05, 3.63) is 48.3 Å². The highest BCUT2D eigenvalue weighted by Gasteiger charge is 2.27. The summed E-state index contributed by atoms with van der Waals surface area (Å²) in [5, 5.41) is 0. The molecule has 1 fully saturated rings. The third kappa shape index (κ3) is 6.09. The van der Waals surface area contributed by atoms with E-state index in [1.807, 2.05) is 6.20 Å². The van der Waals surface area contributed by atoms with E-state index in [0.717, 1.165) is 37.0 Å². The van der Waals surface area contributed by atoms with Gasteiger partial charge in [0.2, 0.25) is 0 Å². The number of pyridine rings is 1. The third-order valence-corrected chi connectivity index (χ3v) is 7.09. The number of hydrogen-bond acceptors (Lipinski definition) is 2. The highest BCUT2D eigenvalue weighted by molar-refractivity contribution is 5.73. The fourth-order valence-electron chi connectivity index (χ4n) is 5.07. The lowest BCUT2D eigenvalue weighted by atomic mass is 9.72. The van der Waals surface area contributed by atoms with E-state index in [4.69, 9.17) is 4.74 Å². The van der Waals surface area contributed by atoms with Gasteiger partial charge >= 0.3 is 0 Å². The molecule has 2 heteroatoms. The Morgan fingerprint density at radius 1 is 0.933 bits per heavy atom. The third-order valence-electron chi connectivity index (χ3n) is 7.09. The molecule has 2 nitrogen and oxygen atoms in total. The van der Waals surface area contributed by atoms with E-state index in [1.54, 1.807) is 0 Å². The minimum atomic E-state index is 0.536. The molecule has 164 valence electrons. The lowest BCUT2D eigenvalue weighted by Crippen LogP contribution is -2.19. The van der Waals surface area contributed by atoms with Crippen LogP contribution in [0, 0.1) is 11.8 Å². The van der Waals surface area contributed by atoms with Gasteiger partial charge in [-0.15, -0.1) is 0 Å². The van der Waals surface area contributed by atoms with Gasteiger partial charge in [-0.25, -0.2) is 0 Å². The zero-order valence-electron chi connectivity index (χ0n) is 19.4. The summed E-state index contributed by atoms with van der Waals surface area (Å²) >= 11 is 0. The first kappa shape index (κ1) is 22.8. The van der Waals surface area contributed by atoms with E-state index in [0.29, 0.717) is 5.92 Å². The number of para-hydroxylation sites is 1. The molecule has 2 aromatic rings. The molecule has 0 saturated heterocycles. The van der Waals surface area contributed by atoms with Crippen molar-refractivity contribution in [2.24, 2.45) is 11.8 Å². The molecular weight excluding hydrogens is 366 g/mol. The second kappa shape index (κ2) is 12.1. The molecule has 0 amide bonds. The monoisotopic (exact) mass is 407 g/mol. The molecule has 0 N–H and O–H groups in total. The Morgan fingerprint density at radius 3 is 2.47 bits per heavy atom. The van der Waals surface area contributed by atoms with E-state index in [-0.39, 0.29) is 0 Å². The predicted octanol–water partition coefficient (Wildman–Crippen LogP) is 8.42. The van der Waals surface area contributed by atoms with Crippen LogP contribution >= 0.6 is 0 Å². The summed E-state index contributed by atoms with van der Waals surface area (Å²) in [5.74, 6) is 3.27. The van der Waals surface area contributed by atoms with Crippen molar-refractivity contribution < 1.29 is 4.74 Å². The first-order valence-electron chi connectivity index (χ1n) is 12.4. The zero-order valence-corrected chi connectivity index (χ0v) is 19.4. The lowest BCUT2D eigenvalue weighted by Gasteiger charge is -2.33. The maximum Gasteiger partial charge on any atom is 0.127 e. The van der Waals surface area contributed by atoms with Crippen LogP contribution in [0.2, 0.25) is 0 Å². The molecule has 1 heterocycles. The second-order valence-electron chi connectivity index (χ2n) is 9.23. The number of aromatic nitrogens is 1. The number of nitrogens with zero attached hydrogens (tertiary/aromatic N) is 1. The van der Waals surface area contributed by atoms with E-state index < -0.39 is 0 Å². The Bertz CT molecular complexity index is 748. The standard InChI is InChI=1S/C28H41NO/c1-4-6-8-11-23-14-16-24(17-15-23)22(3)27-21-29-19-18-25(27)26-12-9-10-13-28(26)30-20-7-5-2/h9-10,12-13,18-19,21-24H,4-8,11,14-17,20H2,1-3H3. The molecular formula is C28H41NO. The topological polar surface area (TPSA) is 22.1 Å².